The third-order valence-electron chi connectivity index (χ3n) is 5.29. The molecule has 2 unspecified atom stereocenters. The fourth-order valence-electron chi connectivity index (χ4n) is 3.65. The molecule has 1 aromatic carbocycles. The highest BCUT2D eigenvalue weighted by atomic mass is 19.1. The fraction of sp³-hybridized carbons (Fsp3) is 0.647. The fourth-order valence-corrected chi connectivity index (χ4v) is 3.65. The van der Waals surface area contributed by atoms with Crippen LogP contribution in [0.5, 0.6) is 0 Å². The molecule has 1 aromatic rings. The van der Waals surface area contributed by atoms with Crippen molar-refractivity contribution < 1.29 is 4.39 Å². The summed E-state index contributed by atoms with van der Waals surface area (Å²) in [6.45, 7) is 6.67. The smallest absolute Gasteiger partial charge is 0.102 e. The van der Waals surface area contributed by atoms with E-state index in [-0.39, 0.29) is 17.8 Å². The Balaban J connectivity index is 1.84. The molecule has 2 nitrogen and oxygen atoms in total. The van der Waals surface area contributed by atoms with Crippen molar-refractivity contribution in [1.29, 1.82) is 0 Å². The van der Waals surface area contributed by atoms with Crippen molar-refractivity contribution in [2.45, 2.75) is 37.8 Å². The first-order valence-electron chi connectivity index (χ1n) is 7.70. The molecule has 1 aliphatic heterocycles. The van der Waals surface area contributed by atoms with Crippen molar-refractivity contribution in [2.75, 3.05) is 26.3 Å². The summed E-state index contributed by atoms with van der Waals surface area (Å²) in [4.78, 5) is 2.38. The third-order valence-corrected chi connectivity index (χ3v) is 5.29. The number of piperazine rings is 1. The van der Waals surface area contributed by atoms with Gasteiger partial charge in [0.05, 0.1) is 5.54 Å². The van der Waals surface area contributed by atoms with Gasteiger partial charge in [-0.1, -0.05) is 30.3 Å². The molecule has 1 saturated heterocycles. The maximum atomic E-state index is 13.0. The molecule has 0 radical (unpaired) electrons. The zero-order valence-electron chi connectivity index (χ0n) is 12.5. The molecule has 20 heavy (non-hydrogen) atoms. The number of halogens is 1. The number of benzene rings is 1. The van der Waals surface area contributed by atoms with Crippen LogP contribution in [0.25, 0.3) is 0 Å². The van der Waals surface area contributed by atoms with E-state index in [4.69, 9.17) is 0 Å². The highest BCUT2D eigenvalue weighted by Crippen LogP contribution is 2.45. The van der Waals surface area contributed by atoms with Gasteiger partial charge in [0, 0.05) is 25.2 Å². The van der Waals surface area contributed by atoms with E-state index < -0.39 is 0 Å². The first-order valence-corrected chi connectivity index (χ1v) is 7.70. The van der Waals surface area contributed by atoms with Crippen LogP contribution in [0.15, 0.2) is 30.3 Å². The van der Waals surface area contributed by atoms with Gasteiger partial charge in [-0.05, 0) is 38.2 Å². The Morgan fingerprint density at radius 2 is 1.95 bits per heavy atom. The van der Waals surface area contributed by atoms with Gasteiger partial charge in [0.2, 0.25) is 0 Å². The predicted octanol–water partition coefficient (Wildman–Crippen LogP) is 2.95. The average molecular weight is 276 g/mol. The van der Waals surface area contributed by atoms with Gasteiger partial charge in [0.25, 0.3) is 0 Å². The minimum atomic E-state index is -0.257. The summed E-state index contributed by atoms with van der Waals surface area (Å²) in [5, 5.41) is 3.75. The lowest BCUT2D eigenvalue weighted by Gasteiger charge is -2.52. The summed E-state index contributed by atoms with van der Waals surface area (Å²) in [5.74, 6) is 0.738. The number of alkyl halides is 1. The lowest BCUT2D eigenvalue weighted by atomic mass is 9.82. The van der Waals surface area contributed by atoms with Crippen molar-refractivity contribution in [3.63, 3.8) is 0 Å². The Morgan fingerprint density at radius 1 is 1.25 bits per heavy atom. The first kappa shape index (κ1) is 14.0. The minimum absolute atomic E-state index is 0.0785. The van der Waals surface area contributed by atoms with E-state index in [2.05, 4.69) is 48.3 Å². The van der Waals surface area contributed by atoms with Crippen molar-refractivity contribution >= 4 is 0 Å². The van der Waals surface area contributed by atoms with Crippen LogP contribution in [0.2, 0.25) is 0 Å². The second-order valence-corrected chi connectivity index (χ2v) is 6.79. The Kier molecular flexibility index (Phi) is 3.59. The molecule has 2 fully saturated rings. The van der Waals surface area contributed by atoms with Crippen LogP contribution < -0.4 is 5.32 Å². The molecule has 1 saturated carbocycles. The van der Waals surface area contributed by atoms with Crippen LogP contribution >= 0.6 is 0 Å². The summed E-state index contributed by atoms with van der Waals surface area (Å²) in [6, 6.07) is 10.5. The van der Waals surface area contributed by atoms with E-state index in [1.807, 2.05) is 6.07 Å². The molecule has 1 heterocycles. The molecule has 0 amide bonds. The van der Waals surface area contributed by atoms with Gasteiger partial charge in [-0.15, -0.1) is 0 Å². The Morgan fingerprint density at radius 3 is 2.55 bits per heavy atom. The summed E-state index contributed by atoms with van der Waals surface area (Å²) in [6.07, 6.45) is 2.59. The van der Waals surface area contributed by atoms with E-state index in [1.165, 1.54) is 18.4 Å². The Bertz CT molecular complexity index is 459. The third kappa shape index (κ3) is 2.38. The van der Waals surface area contributed by atoms with Gasteiger partial charge in [-0.25, -0.2) is 4.39 Å². The van der Waals surface area contributed by atoms with Crippen molar-refractivity contribution in [3.05, 3.63) is 35.9 Å². The van der Waals surface area contributed by atoms with E-state index in [0.29, 0.717) is 6.54 Å². The van der Waals surface area contributed by atoms with Gasteiger partial charge >= 0.3 is 0 Å². The molecule has 2 aliphatic rings. The van der Waals surface area contributed by atoms with Crippen LogP contribution in [-0.4, -0.2) is 36.7 Å². The summed E-state index contributed by atoms with van der Waals surface area (Å²) >= 11 is 0. The second kappa shape index (κ2) is 5.12. The maximum Gasteiger partial charge on any atom is 0.102 e. The van der Waals surface area contributed by atoms with Crippen molar-refractivity contribution in [3.8, 4) is 0 Å². The lowest BCUT2D eigenvalue weighted by Crippen LogP contribution is -2.67. The summed E-state index contributed by atoms with van der Waals surface area (Å²) in [5.41, 5.74) is 1.34. The van der Waals surface area contributed by atoms with Gasteiger partial charge in [0.15, 0.2) is 0 Å². The van der Waals surface area contributed by atoms with Gasteiger partial charge in [-0.2, -0.15) is 0 Å². The van der Waals surface area contributed by atoms with Crippen molar-refractivity contribution in [1.82, 2.24) is 10.2 Å². The van der Waals surface area contributed by atoms with Gasteiger partial charge in [-0.3, -0.25) is 4.90 Å². The maximum absolute atomic E-state index is 13.0. The van der Waals surface area contributed by atoms with E-state index >= 15 is 0 Å². The molecule has 3 rings (SSSR count). The molecule has 3 heteroatoms. The molecular weight excluding hydrogens is 251 g/mol. The first-order chi connectivity index (χ1) is 9.58. The quantitative estimate of drug-likeness (QED) is 0.909. The number of nitrogens with one attached hydrogen (secondary N) is 1. The molecule has 110 valence electrons. The largest absolute Gasteiger partial charge is 0.305 e. The minimum Gasteiger partial charge on any atom is -0.305 e. The van der Waals surface area contributed by atoms with Crippen LogP contribution in [-0.2, 0) is 5.54 Å². The van der Waals surface area contributed by atoms with Gasteiger partial charge in [0.1, 0.15) is 6.67 Å². The molecule has 1 aliphatic carbocycles. The molecule has 0 bridgehead atoms. The highest BCUT2D eigenvalue weighted by molar-refractivity contribution is 5.26. The monoisotopic (exact) mass is 276 g/mol. The average Bonchev–Trinajstić information content (AvgIpc) is 3.30. The SMILES string of the molecule is CC1(c2ccccc2)CN(CCF)C(C)(C2CC2)CN1. The zero-order chi connectivity index (χ0) is 14.2. The summed E-state index contributed by atoms with van der Waals surface area (Å²) in [7, 11) is 0. The van der Waals surface area contributed by atoms with Crippen LogP contribution in [0.1, 0.15) is 32.3 Å². The standard InChI is InChI=1S/C17H25FN2/c1-16(14-6-4-3-5-7-14)13-20(11-10-18)17(2,12-19-16)15-8-9-15/h3-7,15,19H,8-13H2,1-2H3. The van der Waals surface area contributed by atoms with E-state index in [0.717, 1.165) is 19.0 Å². The number of hydrogen-bond acceptors (Lipinski definition) is 2. The molecule has 0 spiro atoms. The Hall–Kier alpha value is -0.930. The lowest BCUT2D eigenvalue weighted by molar-refractivity contribution is 0.00126. The number of hydrogen-bond donors (Lipinski definition) is 1. The van der Waals surface area contributed by atoms with Crippen molar-refractivity contribution in [2.24, 2.45) is 5.92 Å². The molecule has 0 aromatic heterocycles. The predicted molar refractivity (Wildman–Crippen MR) is 80.5 cm³/mol. The molecule has 1 N–H and O–H groups in total. The normalized spacial score (nSPS) is 35.1. The highest BCUT2D eigenvalue weighted by Gasteiger charge is 2.50. The molecular formula is C17H25FN2. The topological polar surface area (TPSA) is 15.3 Å². The summed E-state index contributed by atoms with van der Waals surface area (Å²) < 4.78 is 13.0. The zero-order valence-corrected chi connectivity index (χ0v) is 12.5. The number of rotatable bonds is 4. The van der Waals surface area contributed by atoms with Crippen LogP contribution in [0.3, 0.4) is 0 Å². The number of nitrogens with zero attached hydrogens (tertiary/aromatic N) is 1. The van der Waals surface area contributed by atoms with Crippen LogP contribution in [0.4, 0.5) is 4.39 Å². The Labute approximate surface area is 121 Å². The van der Waals surface area contributed by atoms with Crippen LogP contribution in [0, 0.1) is 5.92 Å². The van der Waals surface area contributed by atoms with E-state index in [9.17, 15) is 4.39 Å². The molecule has 2 atom stereocenters. The second-order valence-electron chi connectivity index (χ2n) is 6.79. The van der Waals surface area contributed by atoms with Gasteiger partial charge < -0.3 is 5.32 Å². The van der Waals surface area contributed by atoms with E-state index in [1.54, 1.807) is 0 Å².